The van der Waals surface area contributed by atoms with E-state index in [0.717, 1.165) is 0 Å². The molecule has 0 aliphatic heterocycles. The van der Waals surface area contributed by atoms with E-state index in [9.17, 15) is 0 Å². The maximum absolute atomic E-state index is 8.37. The van der Waals surface area contributed by atoms with Crippen LogP contribution in [0.25, 0.3) is 0 Å². The Hall–Kier alpha value is 0.190. The van der Waals surface area contributed by atoms with Crippen LogP contribution in [0, 0.1) is 0 Å². The average Bonchev–Trinajstić information content (AvgIpc) is 1.30. The Morgan fingerprint density at radius 2 is 2.00 bits per heavy atom. The van der Waals surface area contributed by atoms with Gasteiger partial charge in [-0.25, -0.2) is 4.28 Å². The van der Waals surface area contributed by atoms with Crippen LogP contribution < -0.4 is 5.48 Å². The van der Waals surface area contributed by atoms with Crippen molar-refractivity contribution < 1.29 is 13.4 Å². The Balaban J connectivity index is 3.15. The Morgan fingerprint density at radius 1 is 1.57 bits per heavy atom. The number of hydrogen-bond acceptors (Lipinski definition) is 4. The van der Waals surface area contributed by atoms with Crippen molar-refractivity contribution in [3.05, 3.63) is 0 Å². The maximum atomic E-state index is 8.37. The summed E-state index contributed by atoms with van der Waals surface area (Å²) in [4.78, 5) is 0. The van der Waals surface area contributed by atoms with Gasteiger partial charge >= 0.3 is 0 Å². The van der Waals surface area contributed by atoms with Crippen LogP contribution in [0.2, 0.25) is 0 Å². The molecule has 0 rings (SSSR count). The highest BCUT2D eigenvalue weighted by Gasteiger charge is 2.05. The molecule has 0 aromatic rings. The van der Waals surface area contributed by atoms with Crippen molar-refractivity contribution in [1.82, 2.24) is 5.48 Å². The molecule has 0 amide bonds. The van der Waals surface area contributed by atoms with E-state index in [2.05, 4.69) is 9.76 Å². The first kappa shape index (κ1) is 7.19. The predicted octanol–water partition coefficient (Wildman–Crippen LogP) is 0.433. The van der Waals surface area contributed by atoms with Crippen molar-refractivity contribution >= 4 is 10.9 Å². The molecule has 0 spiro atoms. The van der Waals surface area contributed by atoms with Crippen molar-refractivity contribution in [2.45, 2.75) is 0 Å². The first-order chi connectivity index (χ1) is 3.06. The van der Waals surface area contributed by atoms with E-state index >= 15 is 0 Å². The fraction of sp³-hybridized carbons (Fsp3) is 1.00. The average molecular weight is 127 g/mol. The lowest BCUT2D eigenvalue weighted by Gasteiger charge is -2.18. The van der Waals surface area contributed by atoms with Gasteiger partial charge in [-0.3, -0.25) is 0 Å². The zero-order valence-electron chi connectivity index (χ0n) is 4.21. The minimum Gasteiger partial charge on any atom is -0.307 e. The van der Waals surface area contributed by atoms with E-state index in [1.54, 1.807) is 0 Å². The molecule has 0 bridgehead atoms. The molecule has 0 saturated carbocycles. The molecule has 0 atom stereocenters. The second-order valence-corrected chi connectivity index (χ2v) is 2.74. The van der Waals surface area contributed by atoms with Crippen LogP contribution in [0.4, 0.5) is 0 Å². The molecule has 0 heterocycles. The van der Waals surface area contributed by atoms with Crippen LogP contribution in [0.15, 0.2) is 0 Å². The maximum Gasteiger partial charge on any atom is 0.0986 e. The van der Waals surface area contributed by atoms with Crippen molar-refractivity contribution in [3.8, 4) is 0 Å². The number of hydrogen-bond donors (Lipinski definition) is 3. The van der Waals surface area contributed by atoms with Crippen molar-refractivity contribution in [2.75, 3.05) is 13.3 Å². The predicted molar refractivity (Wildman–Crippen MR) is 28.9 cm³/mol. The van der Waals surface area contributed by atoms with Gasteiger partial charge < -0.3 is 9.11 Å². The highest BCUT2D eigenvalue weighted by molar-refractivity contribution is 8.19. The van der Waals surface area contributed by atoms with E-state index in [1.807, 2.05) is 0 Å². The molecule has 0 unspecified atom stereocenters. The van der Waals surface area contributed by atoms with E-state index in [4.69, 9.17) is 9.11 Å². The van der Waals surface area contributed by atoms with Crippen molar-refractivity contribution in [3.63, 3.8) is 0 Å². The second-order valence-electron chi connectivity index (χ2n) is 1.05. The largest absolute Gasteiger partial charge is 0.307 e. The highest BCUT2D eigenvalue weighted by atomic mass is 32.3. The van der Waals surface area contributed by atoms with Gasteiger partial charge in [-0.2, -0.15) is 5.48 Å². The van der Waals surface area contributed by atoms with E-state index < -0.39 is 10.9 Å². The Bertz CT molecular complexity index is 51.4. The van der Waals surface area contributed by atoms with Gasteiger partial charge in [0.1, 0.15) is 0 Å². The Kier molecular flexibility index (Phi) is 2.55. The molecular formula is C2H9NO3S. The van der Waals surface area contributed by atoms with E-state index in [-0.39, 0.29) is 0 Å². The van der Waals surface area contributed by atoms with Crippen molar-refractivity contribution in [1.29, 1.82) is 0 Å². The van der Waals surface area contributed by atoms with Gasteiger partial charge in [0.15, 0.2) is 0 Å². The van der Waals surface area contributed by atoms with Gasteiger partial charge in [-0.1, -0.05) is 0 Å². The first-order valence-electron chi connectivity index (χ1n) is 1.64. The lowest BCUT2D eigenvalue weighted by molar-refractivity contribution is 0.195. The molecular weight excluding hydrogens is 118 g/mol. The third kappa shape index (κ3) is 6.19. The third-order valence-corrected chi connectivity index (χ3v) is 0.724. The highest BCUT2D eigenvalue weighted by Crippen LogP contribution is 2.32. The lowest BCUT2D eigenvalue weighted by atomic mass is 11.6. The number of rotatable bonds is 2. The number of hydroxylamine groups is 1. The molecule has 7 heavy (non-hydrogen) atoms. The molecule has 5 heteroatoms. The summed E-state index contributed by atoms with van der Waals surface area (Å²) in [5, 5.41) is 0. The van der Waals surface area contributed by atoms with Crippen LogP contribution in [0.1, 0.15) is 0 Å². The standard InChI is InChI=1S/C2H9NO3S/c1-3-6-7(2,4)5/h3-5H,1-2H3. The van der Waals surface area contributed by atoms with Gasteiger partial charge in [-0.05, 0) is 0 Å². The molecule has 4 nitrogen and oxygen atoms in total. The van der Waals surface area contributed by atoms with Gasteiger partial charge in [-0.15, -0.1) is 0 Å². The van der Waals surface area contributed by atoms with Gasteiger partial charge in [0.25, 0.3) is 0 Å². The summed E-state index contributed by atoms with van der Waals surface area (Å²) in [6.07, 6.45) is 1.18. The zero-order valence-corrected chi connectivity index (χ0v) is 5.03. The molecule has 3 N–H and O–H groups in total. The minimum absolute atomic E-state index is 1.18. The Morgan fingerprint density at radius 3 is 2.00 bits per heavy atom. The summed E-state index contributed by atoms with van der Waals surface area (Å²) in [5.41, 5.74) is 2.14. The molecule has 0 aromatic heterocycles. The van der Waals surface area contributed by atoms with E-state index in [1.165, 1.54) is 13.3 Å². The quantitative estimate of drug-likeness (QED) is 0.471. The van der Waals surface area contributed by atoms with E-state index in [0.29, 0.717) is 0 Å². The van der Waals surface area contributed by atoms with Crippen LogP contribution in [0.5, 0.6) is 0 Å². The van der Waals surface area contributed by atoms with Crippen LogP contribution in [0.3, 0.4) is 0 Å². The summed E-state index contributed by atoms with van der Waals surface area (Å²) in [5.74, 6) is 0. The summed E-state index contributed by atoms with van der Waals surface area (Å²) >= 11 is 0. The van der Waals surface area contributed by atoms with Crippen LogP contribution in [-0.2, 0) is 4.28 Å². The first-order valence-corrected chi connectivity index (χ1v) is 3.52. The van der Waals surface area contributed by atoms with Crippen molar-refractivity contribution in [2.24, 2.45) is 0 Å². The fourth-order valence-corrected chi connectivity index (χ4v) is 0.474. The number of nitrogens with one attached hydrogen (secondary N) is 1. The third-order valence-electron chi connectivity index (χ3n) is 0.241. The van der Waals surface area contributed by atoms with Crippen LogP contribution >= 0.6 is 10.9 Å². The monoisotopic (exact) mass is 127 g/mol. The molecule has 0 aromatic carbocycles. The SMILES string of the molecule is CNOS(C)(O)O. The summed E-state index contributed by atoms with van der Waals surface area (Å²) in [6, 6.07) is 0. The second kappa shape index (κ2) is 2.49. The summed E-state index contributed by atoms with van der Waals surface area (Å²) in [6.45, 7) is 0. The lowest BCUT2D eigenvalue weighted by Crippen LogP contribution is -2.10. The zero-order chi connectivity index (χ0) is 5.91. The molecule has 0 radical (unpaired) electrons. The normalized spacial score (nSPS) is 14.3. The molecule has 0 saturated heterocycles. The molecule has 46 valence electrons. The topological polar surface area (TPSA) is 61.7 Å². The summed E-state index contributed by atoms with van der Waals surface area (Å²) < 4.78 is 20.9. The molecule has 0 aliphatic carbocycles. The molecule has 0 fully saturated rings. The summed E-state index contributed by atoms with van der Waals surface area (Å²) in [7, 11) is -1.33. The van der Waals surface area contributed by atoms with Gasteiger partial charge in [0.2, 0.25) is 0 Å². The Labute approximate surface area is 44.0 Å². The minimum atomic E-state index is -2.79. The van der Waals surface area contributed by atoms with Gasteiger partial charge in [0.05, 0.1) is 10.9 Å². The van der Waals surface area contributed by atoms with Gasteiger partial charge in [0, 0.05) is 13.3 Å². The fourth-order valence-electron chi connectivity index (χ4n) is 0.158. The molecule has 0 aliphatic rings. The smallest absolute Gasteiger partial charge is 0.0986 e. The van der Waals surface area contributed by atoms with Crippen LogP contribution in [-0.4, -0.2) is 22.4 Å².